The predicted octanol–water partition coefficient (Wildman–Crippen LogP) is 12.6. The number of pyridine rings is 1. The number of nitrogens with zero attached hydrogens (tertiary/aromatic N) is 1. The number of methoxy groups -OCH3 is 1. The molecule has 57 heavy (non-hydrogen) atoms. The van der Waals surface area contributed by atoms with E-state index in [1.165, 1.54) is 11.3 Å². The number of benzene rings is 6. The molecule has 8 rings (SSSR count). The van der Waals surface area contributed by atoms with Crippen molar-refractivity contribution in [1.29, 1.82) is 0 Å². The maximum absolute atomic E-state index is 12.7. The highest BCUT2D eigenvalue weighted by Crippen LogP contribution is 2.47. The van der Waals surface area contributed by atoms with Crippen molar-refractivity contribution in [3.05, 3.63) is 192 Å². The van der Waals surface area contributed by atoms with Gasteiger partial charge in [-0.25, -0.2) is 4.79 Å². The molecule has 0 bridgehead atoms. The van der Waals surface area contributed by atoms with Crippen LogP contribution >= 0.6 is 23.1 Å². The molecule has 0 saturated heterocycles. The average molecular weight is 784 g/mol. The van der Waals surface area contributed by atoms with Gasteiger partial charge in [0.25, 0.3) is 0 Å². The summed E-state index contributed by atoms with van der Waals surface area (Å²) in [4.78, 5) is 19.4. The Kier molecular flexibility index (Phi) is 11.4. The van der Waals surface area contributed by atoms with Crippen LogP contribution in [0.1, 0.15) is 21.6 Å². The van der Waals surface area contributed by atoms with Crippen LogP contribution in [0.3, 0.4) is 0 Å². The van der Waals surface area contributed by atoms with E-state index in [0.29, 0.717) is 30.3 Å². The van der Waals surface area contributed by atoms with Crippen molar-refractivity contribution in [3.63, 3.8) is 0 Å². The number of aromatic nitrogens is 1. The monoisotopic (exact) mass is 783 g/mol. The van der Waals surface area contributed by atoms with Gasteiger partial charge in [-0.05, 0) is 87.5 Å². The van der Waals surface area contributed by atoms with Gasteiger partial charge in [0, 0.05) is 43.2 Å². The maximum Gasteiger partial charge on any atom is 0.336 e. The van der Waals surface area contributed by atoms with Gasteiger partial charge in [-0.1, -0.05) is 121 Å². The molecule has 280 valence electrons. The second-order valence-corrected chi connectivity index (χ2v) is 15.3. The van der Waals surface area contributed by atoms with E-state index in [9.17, 15) is 9.90 Å². The van der Waals surface area contributed by atoms with Crippen molar-refractivity contribution in [3.8, 4) is 39.5 Å². The van der Waals surface area contributed by atoms with Crippen LogP contribution in [-0.2, 0) is 18.0 Å². The van der Waals surface area contributed by atoms with Gasteiger partial charge < -0.3 is 19.3 Å². The standard InChI is InChI=1S/C49H37NO5S2/c1-53-40-20-22-41(23-21-40)56-48-43-28-44(54-31-33-12-16-37(17-13-33)35-8-4-2-5-9-35)45(55-32-34-14-18-38(19-15-34)36-10-6-3-7-11-36)30-46(43)57-47(48)29-42(49(51)52)39-24-26-50-27-25-39/h2-30H,31-32H2,1H3,(H,51,52)/b42-29+. The fourth-order valence-electron chi connectivity index (χ4n) is 6.39. The zero-order valence-corrected chi connectivity index (χ0v) is 32.6. The molecule has 0 aliphatic rings. The summed E-state index contributed by atoms with van der Waals surface area (Å²) < 4.78 is 19.5. The Morgan fingerprint density at radius 1 is 0.667 bits per heavy atom. The second kappa shape index (κ2) is 17.5. The van der Waals surface area contributed by atoms with Crippen LogP contribution < -0.4 is 14.2 Å². The van der Waals surface area contributed by atoms with Crippen molar-refractivity contribution in [2.45, 2.75) is 23.0 Å². The van der Waals surface area contributed by atoms with Crippen LogP contribution in [0.25, 0.3) is 44.0 Å². The van der Waals surface area contributed by atoms with Gasteiger partial charge in [-0.2, -0.15) is 0 Å². The van der Waals surface area contributed by atoms with Crippen LogP contribution in [0, 0.1) is 0 Å². The van der Waals surface area contributed by atoms with Crippen LogP contribution in [0.2, 0.25) is 0 Å². The summed E-state index contributed by atoms with van der Waals surface area (Å²) in [5.74, 6) is 0.919. The Morgan fingerprint density at radius 2 is 1.19 bits per heavy atom. The highest BCUT2D eigenvalue weighted by molar-refractivity contribution is 7.99. The van der Waals surface area contributed by atoms with Gasteiger partial charge in [0.05, 0.1) is 12.7 Å². The molecule has 8 heteroatoms. The van der Waals surface area contributed by atoms with Crippen molar-refractivity contribution in [2.75, 3.05) is 7.11 Å². The number of hydrogen-bond acceptors (Lipinski definition) is 7. The Labute approximate surface area is 339 Å². The molecule has 0 spiro atoms. The quantitative estimate of drug-likeness (QED) is 0.110. The summed E-state index contributed by atoms with van der Waals surface area (Å²) in [6, 6.07) is 52.6. The fraction of sp³-hybridized carbons (Fsp3) is 0.0612. The lowest BCUT2D eigenvalue weighted by Gasteiger charge is -2.15. The van der Waals surface area contributed by atoms with Gasteiger partial charge in [0.1, 0.15) is 19.0 Å². The molecule has 0 aliphatic heterocycles. The van der Waals surface area contributed by atoms with Crippen LogP contribution in [0.15, 0.2) is 180 Å². The zero-order chi connectivity index (χ0) is 39.0. The number of carboxylic acid groups (broad SMARTS) is 1. The molecule has 2 heterocycles. The van der Waals surface area contributed by atoms with Crippen LogP contribution in [0.4, 0.5) is 0 Å². The Balaban J connectivity index is 1.18. The highest BCUT2D eigenvalue weighted by atomic mass is 32.2. The molecule has 6 aromatic carbocycles. The Bertz CT molecular complexity index is 2630. The van der Waals surface area contributed by atoms with E-state index in [-0.39, 0.29) is 5.57 Å². The summed E-state index contributed by atoms with van der Waals surface area (Å²) in [7, 11) is 1.64. The lowest BCUT2D eigenvalue weighted by Crippen LogP contribution is -2.01. The smallest absolute Gasteiger partial charge is 0.336 e. The number of ether oxygens (including phenoxy) is 3. The van der Waals surface area contributed by atoms with Crippen molar-refractivity contribution in [1.82, 2.24) is 4.98 Å². The number of thiophene rings is 1. The minimum Gasteiger partial charge on any atom is -0.497 e. The average Bonchev–Trinajstić information content (AvgIpc) is 3.60. The topological polar surface area (TPSA) is 77.9 Å². The molecule has 0 saturated carbocycles. The summed E-state index contributed by atoms with van der Waals surface area (Å²) in [6.07, 6.45) is 4.95. The van der Waals surface area contributed by atoms with Crippen molar-refractivity contribution in [2.24, 2.45) is 0 Å². The molecule has 0 amide bonds. The lowest BCUT2D eigenvalue weighted by molar-refractivity contribution is -0.130. The highest BCUT2D eigenvalue weighted by Gasteiger charge is 2.20. The first-order valence-electron chi connectivity index (χ1n) is 18.3. The molecule has 1 N–H and O–H groups in total. The number of carbonyl (C=O) groups is 1. The van der Waals surface area contributed by atoms with E-state index in [2.05, 4.69) is 77.8 Å². The normalized spacial score (nSPS) is 11.4. The molecule has 8 aromatic rings. The van der Waals surface area contributed by atoms with Crippen LogP contribution in [-0.4, -0.2) is 23.2 Å². The maximum atomic E-state index is 12.7. The van der Waals surface area contributed by atoms with E-state index < -0.39 is 5.97 Å². The molecular weight excluding hydrogens is 747 g/mol. The molecular formula is C49H37NO5S2. The number of carboxylic acids is 1. The molecule has 0 fully saturated rings. The molecule has 2 aromatic heterocycles. The Hall–Kier alpha value is -6.61. The predicted molar refractivity (Wildman–Crippen MR) is 231 cm³/mol. The molecule has 6 nitrogen and oxygen atoms in total. The zero-order valence-electron chi connectivity index (χ0n) is 31.0. The van der Waals surface area contributed by atoms with E-state index >= 15 is 0 Å². The molecule has 0 radical (unpaired) electrons. The SMILES string of the molecule is COc1ccc(Sc2c(/C=C(/C(=O)O)c3ccncc3)sc3cc(OCc4ccc(-c5ccccc5)cc4)c(OCc4ccc(-c5ccccc5)cc4)cc23)cc1. The third-order valence-corrected chi connectivity index (χ3v) is 11.8. The molecule has 0 aliphatic carbocycles. The van der Waals surface area contributed by atoms with Gasteiger partial charge >= 0.3 is 5.97 Å². The summed E-state index contributed by atoms with van der Waals surface area (Å²) in [5, 5.41) is 11.3. The largest absolute Gasteiger partial charge is 0.497 e. The number of aliphatic carboxylic acids is 1. The summed E-state index contributed by atoms with van der Waals surface area (Å²) in [5.41, 5.74) is 7.36. The van der Waals surface area contributed by atoms with Crippen molar-refractivity contribution >= 4 is 50.8 Å². The third kappa shape index (κ3) is 8.94. The Morgan fingerprint density at radius 3 is 1.72 bits per heavy atom. The summed E-state index contributed by atoms with van der Waals surface area (Å²) in [6.45, 7) is 0.658. The van der Waals surface area contributed by atoms with E-state index in [1.807, 2.05) is 72.8 Å². The van der Waals surface area contributed by atoms with Gasteiger partial charge in [-0.3, -0.25) is 4.98 Å². The van der Waals surface area contributed by atoms with E-state index in [4.69, 9.17) is 14.2 Å². The second-order valence-electron chi connectivity index (χ2n) is 13.2. The van der Waals surface area contributed by atoms with Crippen molar-refractivity contribution < 1.29 is 24.1 Å². The first-order chi connectivity index (χ1) is 28.0. The minimum atomic E-state index is -1.02. The first kappa shape index (κ1) is 37.3. The number of hydrogen-bond donors (Lipinski definition) is 1. The first-order valence-corrected chi connectivity index (χ1v) is 20.0. The minimum absolute atomic E-state index is 0.173. The van der Waals surface area contributed by atoms with E-state index in [1.54, 1.807) is 49.5 Å². The third-order valence-electron chi connectivity index (χ3n) is 9.42. The number of fused-ring (bicyclic) bond motifs is 1. The fourth-order valence-corrected chi connectivity index (χ4v) is 8.70. The van der Waals surface area contributed by atoms with Gasteiger partial charge in [0.2, 0.25) is 0 Å². The van der Waals surface area contributed by atoms with E-state index in [0.717, 1.165) is 63.9 Å². The van der Waals surface area contributed by atoms with Crippen LogP contribution in [0.5, 0.6) is 17.2 Å². The van der Waals surface area contributed by atoms with Gasteiger partial charge in [0.15, 0.2) is 11.5 Å². The molecule has 0 atom stereocenters. The number of rotatable bonds is 14. The summed E-state index contributed by atoms with van der Waals surface area (Å²) >= 11 is 3.08. The lowest BCUT2D eigenvalue weighted by atomic mass is 10.0. The molecule has 0 unspecified atom stereocenters. The van der Waals surface area contributed by atoms with Gasteiger partial charge in [-0.15, -0.1) is 11.3 Å².